The molecule has 0 fully saturated rings. The lowest BCUT2D eigenvalue weighted by atomic mass is 10.1. The number of aryl methyl sites for hydroxylation is 1. The fraction of sp³-hybridized carbons (Fsp3) is 0.364. The maximum atomic E-state index is 5.79. The summed E-state index contributed by atoms with van der Waals surface area (Å²) in [7, 11) is 6.80. The second kappa shape index (κ2) is 8.49. The van der Waals surface area contributed by atoms with E-state index in [1.54, 1.807) is 38.1 Å². The molecule has 1 atom stereocenters. The summed E-state index contributed by atoms with van der Waals surface area (Å²) < 4.78 is 23.7. The molecule has 8 heteroatoms. The number of nitrogens with zero attached hydrogens (tertiary/aromatic N) is 3. The van der Waals surface area contributed by atoms with E-state index in [9.17, 15) is 0 Å². The second-order valence-corrected chi connectivity index (χ2v) is 7.59. The minimum absolute atomic E-state index is 0.317. The summed E-state index contributed by atoms with van der Waals surface area (Å²) in [6.45, 7) is 0.533. The standard InChI is InChI=1S/C22H25N3O4S/c1-24(17-10-9-14-7-5-6-8-16(14)17)13-25-22(30)29-21(23-25)15-11-18(26-2)20(28-4)19(12-15)27-3/h5-8,11-12,17H,9-10,13H2,1-4H3. The lowest BCUT2D eigenvalue weighted by Crippen LogP contribution is -2.26. The van der Waals surface area contributed by atoms with Crippen molar-refractivity contribution in [2.75, 3.05) is 28.4 Å². The monoisotopic (exact) mass is 427 g/mol. The van der Waals surface area contributed by atoms with E-state index >= 15 is 0 Å². The highest BCUT2D eigenvalue weighted by molar-refractivity contribution is 7.71. The van der Waals surface area contributed by atoms with Crippen molar-refractivity contribution in [3.8, 4) is 28.7 Å². The number of hydrogen-bond acceptors (Lipinski definition) is 7. The van der Waals surface area contributed by atoms with Gasteiger partial charge in [-0.15, -0.1) is 5.10 Å². The fourth-order valence-electron chi connectivity index (χ4n) is 4.02. The Labute approximate surface area is 180 Å². The minimum Gasteiger partial charge on any atom is -0.493 e. The number of benzene rings is 2. The van der Waals surface area contributed by atoms with Crippen molar-refractivity contribution in [1.29, 1.82) is 0 Å². The first-order chi connectivity index (χ1) is 14.5. The second-order valence-electron chi connectivity index (χ2n) is 7.24. The van der Waals surface area contributed by atoms with E-state index < -0.39 is 0 Å². The molecule has 0 saturated carbocycles. The normalized spacial score (nSPS) is 15.3. The average Bonchev–Trinajstić information content (AvgIpc) is 3.36. The van der Waals surface area contributed by atoms with Gasteiger partial charge in [-0.25, -0.2) is 4.68 Å². The summed E-state index contributed by atoms with van der Waals surface area (Å²) in [5.74, 6) is 1.98. The van der Waals surface area contributed by atoms with Crippen LogP contribution in [0.1, 0.15) is 23.6 Å². The van der Waals surface area contributed by atoms with Crippen LogP contribution >= 0.6 is 12.2 Å². The van der Waals surface area contributed by atoms with Crippen LogP contribution in [0.3, 0.4) is 0 Å². The van der Waals surface area contributed by atoms with Crippen LogP contribution in [0.15, 0.2) is 40.8 Å². The Hall–Kier alpha value is -2.84. The Bertz CT molecular complexity index is 1080. The average molecular weight is 428 g/mol. The van der Waals surface area contributed by atoms with Gasteiger partial charge in [-0.05, 0) is 55.4 Å². The van der Waals surface area contributed by atoms with E-state index in [1.807, 2.05) is 0 Å². The van der Waals surface area contributed by atoms with Crippen LogP contribution in [0, 0.1) is 4.84 Å². The van der Waals surface area contributed by atoms with Crippen LogP contribution in [0.2, 0.25) is 0 Å². The maximum Gasteiger partial charge on any atom is 0.288 e. The van der Waals surface area contributed by atoms with Crippen molar-refractivity contribution >= 4 is 12.2 Å². The van der Waals surface area contributed by atoms with Gasteiger partial charge in [0.1, 0.15) is 0 Å². The Balaban J connectivity index is 1.61. The molecular weight excluding hydrogens is 402 g/mol. The molecule has 2 aromatic carbocycles. The third-order valence-corrected chi connectivity index (χ3v) is 5.80. The number of ether oxygens (including phenoxy) is 3. The van der Waals surface area contributed by atoms with E-state index in [1.165, 1.54) is 11.1 Å². The van der Waals surface area contributed by atoms with Gasteiger partial charge in [-0.1, -0.05) is 24.3 Å². The summed E-state index contributed by atoms with van der Waals surface area (Å²) in [6.07, 6.45) is 2.17. The molecular formula is C22H25N3O4S. The molecule has 30 heavy (non-hydrogen) atoms. The smallest absolute Gasteiger partial charge is 0.288 e. The van der Waals surface area contributed by atoms with Gasteiger partial charge in [0.25, 0.3) is 4.84 Å². The van der Waals surface area contributed by atoms with Crippen LogP contribution in [-0.2, 0) is 13.1 Å². The maximum absolute atomic E-state index is 5.79. The Morgan fingerprint density at radius 1 is 1.13 bits per heavy atom. The van der Waals surface area contributed by atoms with Gasteiger partial charge >= 0.3 is 0 Å². The zero-order valence-electron chi connectivity index (χ0n) is 17.5. The molecule has 158 valence electrons. The zero-order valence-corrected chi connectivity index (χ0v) is 18.4. The van der Waals surface area contributed by atoms with Crippen LogP contribution in [-0.4, -0.2) is 43.1 Å². The molecule has 0 spiro atoms. The van der Waals surface area contributed by atoms with Crippen molar-refractivity contribution in [3.63, 3.8) is 0 Å². The highest BCUT2D eigenvalue weighted by Gasteiger charge is 2.26. The molecule has 1 aliphatic carbocycles. The Morgan fingerprint density at radius 2 is 1.83 bits per heavy atom. The highest BCUT2D eigenvalue weighted by Crippen LogP contribution is 2.41. The summed E-state index contributed by atoms with van der Waals surface area (Å²) in [5, 5.41) is 4.61. The number of aromatic nitrogens is 2. The van der Waals surface area contributed by atoms with E-state index in [4.69, 9.17) is 30.8 Å². The van der Waals surface area contributed by atoms with Gasteiger partial charge in [0.15, 0.2) is 11.5 Å². The van der Waals surface area contributed by atoms with Crippen LogP contribution in [0.4, 0.5) is 0 Å². The molecule has 3 aromatic rings. The van der Waals surface area contributed by atoms with E-state index in [2.05, 4.69) is 41.3 Å². The first-order valence-electron chi connectivity index (χ1n) is 9.72. The van der Waals surface area contributed by atoms with Crippen molar-refractivity contribution in [1.82, 2.24) is 14.7 Å². The quantitative estimate of drug-likeness (QED) is 0.515. The van der Waals surface area contributed by atoms with Gasteiger partial charge in [-0.2, -0.15) is 0 Å². The van der Waals surface area contributed by atoms with Gasteiger partial charge in [0.05, 0.1) is 28.0 Å². The Kier molecular flexibility index (Phi) is 5.78. The first kappa shape index (κ1) is 20.4. The lowest BCUT2D eigenvalue weighted by Gasteiger charge is -2.24. The summed E-state index contributed by atoms with van der Waals surface area (Å²) in [4.78, 5) is 2.57. The van der Waals surface area contributed by atoms with Gasteiger partial charge in [-0.3, -0.25) is 4.90 Å². The fourth-order valence-corrected chi connectivity index (χ4v) is 4.20. The van der Waals surface area contributed by atoms with E-state index in [-0.39, 0.29) is 0 Å². The number of rotatable bonds is 7. The van der Waals surface area contributed by atoms with Crippen LogP contribution < -0.4 is 14.2 Å². The van der Waals surface area contributed by atoms with E-state index in [0.29, 0.717) is 46.3 Å². The molecule has 1 aromatic heterocycles. The van der Waals surface area contributed by atoms with Crippen molar-refractivity contribution in [2.24, 2.45) is 0 Å². The minimum atomic E-state index is 0.317. The highest BCUT2D eigenvalue weighted by atomic mass is 32.1. The molecule has 0 radical (unpaired) electrons. The molecule has 0 saturated heterocycles. The SMILES string of the molecule is COc1cc(-c2nn(CN(C)C3CCc4ccccc43)c(=S)o2)cc(OC)c1OC. The summed E-state index contributed by atoms with van der Waals surface area (Å²) in [5.41, 5.74) is 3.49. The molecule has 1 heterocycles. The van der Waals surface area contributed by atoms with E-state index in [0.717, 1.165) is 12.8 Å². The van der Waals surface area contributed by atoms with Crippen molar-refractivity contribution in [2.45, 2.75) is 25.6 Å². The molecule has 0 N–H and O–H groups in total. The topological polar surface area (TPSA) is 61.9 Å². The molecule has 0 bridgehead atoms. The van der Waals surface area contributed by atoms with Gasteiger partial charge in [0.2, 0.25) is 11.6 Å². The predicted octanol–water partition coefficient (Wildman–Crippen LogP) is 4.48. The summed E-state index contributed by atoms with van der Waals surface area (Å²) >= 11 is 5.43. The number of methoxy groups -OCH3 is 3. The molecule has 0 aliphatic heterocycles. The molecule has 4 rings (SSSR count). The molecule has 0 amide bonds. The molecule has 7 nitrogen and oxygen atoms in total. The third-order valence-electron chi connectivity index (χ3n) is 5.51. The van der Waals surface area contributed by atoms with Crippen LogP contribution in [0.25, 0.3) is 11.5 Å². The lowest BCUT2D eigenvalue weighted by molar-refractivity contribution is 0.180. The number of hydrogen-bond donors (Lipinski definition) is 0. The van der Waals surface area contributed by atoms with Crippen molar-refractivity contribution < 1.29 is 18.6 Å². The van der Waals surface area contributed by atoms with Crippen LogP contribution in [0.5, 0.6) is 17.2 Å². The number of fused-ring (bicyclic) bond motifs is 1. The largest absolute Gasteiger partial charge is 0.493 e. The molecule has 1 unspecified atom stereocenters. The van der Waals surface area contributed by atoms with Gasteiger partial charge in [0, 0.05) is 11.6 Å². The predicted molar refractivity (Wildman–Crippen MR) is 116 cm³/mol. The third kappa shape index (κ3) is 3.68. The molecule has 1 aliphatic rings. The first-order valence-corrected chi connectivity index (χ1v) is 10.1. The summed E-state index contributed by atoms with van der Waals surface area (Å²) in [6, 6.07) is 12.5. The zero-order chi connectivity index (χ0) is 21.3. The van der Waals surface area contributed by atoms with Crippen molar-refractivity contribution in [3.05, 3.63) is 52.4 Å². The van der Waals surface area contributed by atoms with Gasteiger partial charge < -0.3 is 18.6 Å². The Morgan fingerprint density at radius 3 is 2.50 bits per heavy atom.